The Morgan fingerprint density at radius 1 is 1.25 bits per heavy atom. The lowest BCUT2D eigenvalue weighted by Gasteiger charge is -2.49. The van der Waals surface area contributed by atoms with E-state index in [1.165, 1.54) is 19.1 Å². The number of carbonyl (C=O) groups is 1. The van der Waals surface area contributed by atoms with Crippen LogP contribution in [0.2, 0.25) is 0 Å². The van der Waals surface area contributed by atoms with Crippen LogP contribution in [-0.4, -0.2) is 63.5 Å². The fraction of sp³-hybridized carbons (Fsp3) is 0.533. The van der Waals surface area contributed by atoms with E-state index in [4.69, 9.17) is 9.47 Å². The van der Waals surface area contributed by atoms with Gasteiger partial charge in [-0.2, -0.15) is 13.2 Å². The van der Waals surface area contributed by atoms with Gasteiger partial charge in [-0.15, -0.1) is 0 Å². The molecule has 1 aliphatic rings. The highest BCUT2D eigenvalue weighted by atomic mass is 19.4. The van der Waals surface area contributed by atoms with E-state index in [0.29, 0.717) is 17.2 Å². The maximum atomic E-state index is 12.9. The van der Waals surface area contributed by atoms with Gasteiger partial charge in [0.15, 0.2) is 5.60 Å². The van der Waals surface area contributed by atoms with E-state index >= 15 is 0 Å². The minimum Gasteiger partial charge on any atom is -0.497 e. The Morgan fingerprint density at radius 3 is 2.42 bits per heavy atom. The molecule has 1 saturated heterocycles. The molecule has 24 heavy (non-hydrogen) atoms. The van der Waals surface area contributed by atoms with Gasteiger partial charge in [0, 0.05) is 26.3 Å². The Hall–Kier alpha value is -2.00. The number of ether oxygens (including phenoxy) is 3. The van der Waals surface area contributed by atoms with Gasteiger partial charge in [-0.3, -0.25) is 9.69 Å². The van der Waals surface area contributed by atoms with Crippen molar-refractivity contribution in [3.63, 3.8) is 0 Å². The molecule has 9 heteroatoms. The highest BCUT2D eigenvalue weighted by molar-refractivity contribution is 5.93. The van der Waals surface area contributed by atoms with Gasteiger partial charge in [-0.05, 0) is 12.1 Å². The molecule has 1 amide bonds. The Bertz CT molecular complexity index is 601. The zero-order valence-corrected chi connectivity index (χ0v) is 13.6. The summed E-state index contributed by atoms with van der Waals surface area (Å²) in [6.45, 7) is -0.920. The van der Waals surface area contributed by atoms with Crippen LogP contribution in [0.4, 0.5) is 18.9 Å². The number of hydrogen-bond donors (Lipinski definition) is 1. The highest BCUT2D eigenvalue weighted by Crippen LogP contribution is 2.40. The number of nitrogens with one attached hydrogen (secondary N) is 1. The van der Waals surface area contributed by atoms with E-state index in [1.807, 2.05) is 0 Å². The van der Waals surface area contributed by atoms with Crippen molar-refractivity contribution < 1.29 is 32.2 Å². The molecule has 0 atom stereocenters. The predicted octanol–water partition coefficient (Wildman–Crippen LogP) is 1.91. The van der Waals surface area contributed by atoms with Gasteiger partial charge in [-0.25, -0.2) is 0 Å². The zero-order valence-electron chi connectivity index (χ0n) is 13.6. The van der Waals surface area contributed by atoms with Crippen molar-refractivity contribution in [2.75, 3.05) is 46.3 Å². The Kier molecular flexibility index (Phi) is 5.24. The topological polar surface area (TPSA) is 60.0 Å². The number of benzene rings is 1. The van der Waals surface area contributed by atoms with Crippen LogP contribution >= 0.6 is 0 Å². The summed E-state index contributed by atoms with van der Waals surface area (Å²) in [7, 11) is 3.96. The Balaban J connectivity index is 1.94. The molecule has 2 rings (SSSR count). The van der Waals surface area contributed by atoms with Gasteiger partial charge >= 0.3 is 6.18 Å². The van der Waals surface area contributed by atoms with Gasteiger partial charge in [0.25, 0.3) is 0 Å². The van der Waals surface area contributed by atoms with Crippen molar-refractivity contribution in [2.45, 2.75) is 11.8 Å². The van der Waals surface area contributed by atoms with Gasteiger partial charge in [0.2, 0.25) is 5.91 Å². The van der Waals surface area contributed by atoms with Crippen molar-refractivity contribution in [2.24, 2.45) is 0 Å². The first-order valence-electron chi connectivity index (χ1n) is 7.11. The lowest BCUT2D eigenvalue weighted by atomic mass is 9.93. The van der Waals surface area contributed by atoms with Crippen molar-refractivity contribution >= 4 is 11.6 Å². The van der Waals surface area contributed by atoms with Crippen LogP contribution in [0.3, 0.4) is 0 Å². The first-order valence-corrected chi connectivity index (χ1v) is 7.11. The number of rotatable bonds is 6. The van der Waals surface area contributed by atoms with Crippen LogP contribution in [0, 0.1) is 0 Å². The standard InChI is InChI=1S/C15H19F3N2O4/c1-22-10-4-5-11(12(6-10)23-2)19-13(21)7-20-8-14(9-20,24-3)15(16,17)18/h4-6H,7-9H2,1-3H3,(H,19,21). The molecule has 1 aliphatic heterocycles. The third-order valence-corrected chi connectivity index (χ3v) is 3.92. The van der Waals surface area contributed by atoms with E-state index in [1.54, 1.807) is 18.2 Å². The molecule has 0 aliphatic carbocycles. The largest absolute Gasteiger partial charge is 0.497 e. The summed E-state index contributed by atoms with van der Waals surface area (Å²) in [5, 5.41) is 2.61. The normalized spacial score (nSPS) is 17.1. The summed E-state index contributed by atoms with van der Waals surface area (Å²) in [6, 6.07) is 4.83. The quantitative estimate of drug-likeness (QED) is 0.851. The lowest BCUT2D eigenvalue weighted by molar-refractivity contribution is -0.309. The average molecular weight is 348 g/mol. The maximum absolute atomic E-state index is 12.9. The van der Waals surface area contributed by atoms with Gasteiger partial charge in [0.05, 0.1) is 26.5 Å². The molecule has 1 aromatic carbocycles. The third kappa shape index (κ3) is 3.57. The smallest absolute Gasteiger partial charge is 0.419 e. The molecule has 134 valence electrons. The molecule has 0 aromatic heterocycles. The number of amides is 1. The number of halogens is 3. The van der Waals surface area contributed by atoms with E-state index in [2.05, 4.69) is 10.1 Å². The number of hydrogen-bond acceptors (Lipinski definition) is 5. The monoisotopic (exact) mass is 348 g/mol. The molecule has 0 saturated carbocycles. The van der Waals surface area contributed by atoms with E-state index < -0.39 is 17.7 Å². The summed E-state index contributed by atoms with van der Waals surface area (Å²) in [4.78, 5) is 13.4. The Labute approximate surface area is 137 Å². The number of anilines is 1. The first kappa shape index (κ1) is 18.3. The van der Waals surface area contributed by atoms with Crippen molar-refractivity contribution in [1.29, 1.82) is 0 Å². The van der Waals surface area contributed by atoms with Crippen LogP contribution in [-0.2, 0) is 9.53 Å². The molecule has 0 spiro atoms. The van der Waals surface area contributed by atoms with Crippen molar-refractivity contribution in [3.8, 4) is 11.5 Å². The van der Waals surface area contributed by atoms with Crippen LogP contribution in [0.25, 0.3) is 0 Å². The summed E-state index contributed by atoms with van der Waals surface area (Å²) in [5.74, 6) is 0.515. The molecule has 0 bridgehead atoms. The number of nitrogens with zero attached hydrogens (tertiary/aromatic N) is 1. The molecule has 0 unspecified atom stereocenters. The van der Waals surface area contributed by atoms with Gasteiger partial charge < -0.3 is 19.5 Å². The molecule has 1 aromatic rings. The summed E-state index contributed by atoms with van der Waals surface area (Å²) < 4.78 is 53.5. The molecule has 1 heterocycles. The maximum Gasteiger partial charge on any atom is 0.419 e. The van der Waals surface area contributed by atoms with Crippen molar-refractivity contribution in [3.05, 3.63) is 18.2 Å². The second-order valence-corrected chi connectivity index (χ2v) is 5.46. The predicted molar refractivity (Wildman–Crippen MR) is 80.4 cm³/mol. The number of carbonyl (C=O) groups excluding carboxylic acids is 1. The average Bonchev–Trinajstić information content (AvgIpc) is 2.49. The molecule has 1 N–H and O–H groups in total. The minimum atomic E-state index is -4.46. The molecular weight excluding hydrogens is 329 g/mol. The number of likely N-dealkylation sites (tertiary alicyclic amines) is 1. The van der Waals surface area contributed by atoms with E-state index in [-0.39, 0.29) is 19.6 Å². The Morgan fingerprint density at radius 2 is 1.92 bits per heavy atom. The SMILES string of the molecule is COc1ccc(NC(=O)CN2CC(OC)(C(F)(F)F)C2)c(OC)c1. The highest BCUT2D eigenvalue weighted by Gasteiger charge is 2.62. The molecule has 0 radical (unpaired) electrons. The van der Waals surface area contributed by atoms with Crippen LogP contribution in [0.1, 0.15) is 0 Å². The number of methoxy groups -OCH3 is 3. The van der Waals surface area contributed by atoms with Crippen LogP contribution in [0.5, 0.6) is 11.5 Å². The fourth-order valence-corrected chi connectivity index (χ4v) is 2.51. The van der Waals surface area contributed by atoms with E-state index in [9.17, 15) is 18.0 Å². The molecule has 1 fully saturated rings. The third-order valence-electron chi connectivity index (χ3n) is 3.92. The zero-order chi connectivity index (χ0) is 18.0. The summed E-state index contributed by atoms with van der Waals surface area (Å²) in [6.07, 6.45) is -4.46. The van der Waals surface area contributed by atoms with Crippen LogP contribution < -0.4 is 14.8 Å². The lowest BCUT2D eigenvalue weighted by Crippen LogP contribution is -2.70. The fourth-order valence-electron chi connectivity index (χ4n) is 2.51. The second kappa shape index (κ2) is 6.86. The van der Waals surface area contributed by atoms with Crippen LogP contribution in [0.15, 0.2) is 18.2 Å². The van der Waals surface area contributed by atoms with Gasteiger partial charge in [0.1, 0.15) is 11.5 Å². The second-order valence-electron chi connectivity index (χ2n) is 5.46. The van der Waals surface area contributed by atoms with E-state index in [0.717, 1.165) is 7.11 Å². The van der Waals surface area contributed by atoms with Crippen molar-refractivity contribution in [1.82, 2.24) is 4.90 Å². The number of alkyl halides is 3. The van der Waals surface area contributed by atoms with Gasteiger partial charge in [-0.1, -0.05) is 0 Å². The molecule has 6 nitrogen and oxygen atoms in total. The summed E-state index contributed by atoms with van der Waals surface area (Å²) in [5.41, 5.74) is -1.77. The summed E-state index contributed by atoms with van der Waals surface area (Å²) >= 11 is 0. The minimum absolute atomic E-state index is 0.170. The molecular formula is C15H19F3N2O4. The first-order chi connectivity index (χ1) is 11.2.